The summed E-state index contributed by atoms with van der Waals surface area (Å²) in [6.45, 7) is 0. The SMILES string of the molecule is N#CC=C(O)c1cccnc1. The average Bonchev–Trinajstić information content (AvgIpc) is 2.07. The van der Waals surface area contributed by atoms with Crippen LogP contribution in [0.5, 0.6) is 0 Å². The summed E-state index contributed by atoms with van der Waals surface area (Å²) in [7, 11) is 0. The van der Waals surface area contributed by atoms with Crippen LogP contribution in [0.25, 0.3) is 5.76 Å². The average molecular weight is 146 g/mol. The predicted molar refractivity (Wildman–Crippen MR) is 40.5 cm³/mol. The van der Waals surface area contributed by atoms with E-state index in [9.17, 15) is 0 Å². The van der Waals surface area contributed by atoms with Crippen molar-refractivity contribution in [3.63, 3.8) is 0 Å². The van der Waals surface area contributed by atoms with Crippen molar-refractivity contribution in [1.82, 2.24) is 4.98 Å². The Morgan fingerprint density at radius 2 is 2.55 bits per heavy atom. The molecule has 1 rings (SSSR count). The van der Waals surface area contributed by atoms with E-state index in [1.165, 1.54) is 6.20 Å². The lowest BCUT2D eigenvalue weighted by atomic mass is 10.2. The minimum Gasteiger partial charge on any atom is -0.507 e. The van der Waals surface area contributed by atoms with E-state index < -0.39 is 0 Å². The molecular formula is C8H6N2O. The Morgan fingerprint density at radius 3 is 3.09 bits per heavy atom. The number of aliphatic hydroxyl groups is 1. The molecule has 1 aromatic rings. The standard InChI is InChI=1S/C8H6N2O/c9-4-3-8(11)7-2-1-5-10-6-7/h1-3,5-6,11H. The molecule has 0 amide bonds. The number of pyridine rings is 1. The van der Waals surface area contributed by atoms with Crippen molar-refractivity contribution < 1.29 is 5.11 Å². The lowest BCUT2D eigenvalue weighted by molar-refractivity contribution is 0.512. The van der Waals surface area contributed by atoms with Crippen molar-refractivity contribution in [2.45, 2.75) is 0 Å². The van der Waals surface area contributed by atoms with Crippen LogP contribution in [0.4, 0.5) is 0 Å². The smallest absolute Gasteiger partial charge is 0.134 e. The monoisotopic (exact) mass is 146 g/mol. The second-order valence-electron chi connectivity index (χ2n) is 1.90. The van der Waals surface area contributed by atoms with Crippen LogP contribution >= 0.6 is 0 Å². The molecule has 0 aromatic carbocycles. The van der Waals surface area contributed by atoms with Gasteiger partial charge in [-0.05, 0) is 12.1 Å². The quantitative estimate of drug-likeness (QED) is 0.482. The number of hydrogen-bond donors (Lipinski definition) is 1. The Morgan fingerprint density at radius 1 is 1.73 bits per heavy atom. The Bertz CT molecular complexity index is 298. The normalized spacial score (nSPS) is 10.6. The summed E-state index contributed by atoms with van der Waals surface area (Å²) in [5.41, 5.74) is 0.550. The molecule has 0 atom stereocenters. The molecule has 0 aliphatic rings. The number of aliphatic hydroxyl groups excluding tert-OH is 1. The zero-order chi connectivity index (χ0) is 8.10. The van der Waals surface area contributed by atoms with Crippen molar-refractivity contribution in [2.24, 2.45) is 0 Å². The van der Waals surface area contributed by atoms with E-state index in [4.69, 9.17) is 10.4 Å². The summed E-state index contributed by atoms with van der Waals surface area (Å²) < 4.78 is 0. The van der Waals surface area contributed by atoms with Gasteiger partial charge in [0.05, 0.1) is 12.1 Å². The van der Waals surface area contributed by atoms with Crippen molar-refractivity contribution in [3.8, 4) is 6.07 Å². The molecule has 0 bridgehead atoms. The molecule has 0 saturated carbocycles. The van der Waals surface area contributed by atoms with Crippen molar-refractivity contribution >= 4 is 5.76 Å². The number of nitrogens with zero attached hydrogens (tertiary/aromatic N) is 2. The van der Waals surface area contributed by atoms with Gasteiger partial charge in [-0.3, -0.25) is 4.98 Å². The van der Waals surface area contributed by atoms with E-state index in [2.05, 4.69) is 4.98 Å². The fourth-order valence-electron chi connectivity index (χ4n) is 0.659. The summed E-state index contributed by atoms with van der Waals surface area (Å²) in [5, 5.41) is 17.3. The Hall–Kier alpha value is -1.82. The third kappa shape index (κ3) is 1.80. The molecule has 0 spiro atoms. The molecule has 0 aliphatic heterocycles. The highest BCUT2D eigenvalue weighted by Crippen LogP contribution is 2.07. The first kappa shape index (κ1) is 7.29. The lowest BCUT2D eigenvalue weighted by Gasteiger charge is -1.94. The molecule has 0 aliphatic carbocycles. The van der Waals surface area contributed by atoms with Crippen LogP contribution in [0.1, 0.15) is 5.56 Å². The molecular weight excluding hydrogens is 140 g/mol. The van der Waals surface area contributed by atoms with Gasteiger partial charge in [0.2, 0.25) is 0 Å². The first-order valence-electron chi connectivity index (χ1n) is 3.03. The van der Waals surface area contributed by atoms with Gasteiger partial charge in [-0.1, -0.05) is 0 Å². The summed E-state index contributed by atoms with van der Waals surface area (Å²) in [6.07, 6.45) is 4.16. The molecule has 3 nitrogen and oxygen atoms in total. The topological polar surface area (TPSA) is 56.9 Å². The highest BCUT2D eigenvalue weighted by molar-refractivity contribution is 5.59. The number of allylic oxidation sites excluding steroid dienone is 1. The van der Waals surface area contributed by atoms with Crippen LogP contribution in [-0.2, 0) is 0 Å². The molecule has 1 N–H and O–H groups in total. The van der Waals surface area contributed by atoms with Gasteiger partial charge < -0.3 is 5.11 Å². The predicted octanol–water partition coefficient (Wildman–Crippen LogP) is 1.50. The van der Waals surface area contributed by atoms with E-state index in [1.807, 2.05) is 0 Å². The minimum atomic E-state index is -0.0550. The van der Waals surface area contributed by atoms with Crippen molar-refractivity contribution in [2.75, 3.05) is 0 Å². The van der Waals surface area contributed by atoms with E-state index in [0.29, 0.717) is 5.56 Å². The highest BCUT2D eigenvalue weighted by Gasteiger charge is 1.94. The van der Waals surface area contributed by atoms with E-state index in [-0.39, 0.29) is 5.76 Å². The Labute approximate surface area is 64.2 Å². The van der Waals surface area contributed by atoms with Crippen LogP contribution in [-0.4, -0.2) is 10.1 Å². The molecule has 3 heteroatoms. The number of hydrogen-bond acceptors (Lipinski definition) is 3. The molecule has 1 aromatic heterocycles. The largest absolute Gasteiger partial charge is 0.507 e. The second kappa shape index (κ2) is 3.37. The minimum absolute atomic E-state index is 0.0550. The maximum absolute atomic E-state index is 9.12. The van der Waals surface area contributed by atoms with Crippen molar-refractivity contribution in [3.05, 3.63) is 36.2 Å². The third-order valence-corrected chi connectivity index (χ3v) is 1.16. The lowest BCUT2D eigenvalue weighted by Crippen LogP contribution is -1.82. The summed E-state index contributed by atoms with van der Waals surface area (Å²) in [5.74, 6) is -0.0550. The Balaban J connectivity index is 2.96. The molecule has 0 saturated heterocycles. The van der Waals surface area contributed by atoms with Crippen LogP contribution in [0.15, 0.2) is 30.6 Å². The molecule has 54 valence electrons. The van der Waals surface area contributed by atoms with Gasteiger partial charge in [0.25, 0.3) is 0 Å². The van der Waals surface area contributed by atoms with E-state index in [1.54, 1.807) is 24.4 Å². The van der Waals surface area contributed by atoms with Crippen molar-refractivity contribution in [1.29, 1.82) is 5.26 Å². The molecule has 11 heavy (non-hydrogen) atoms. The highest BCUT2D eigenvalue weighted by atomic mass is 16.3. The maximum Gasteiger partial charge on any atom is 0.134 e. The van der Waals surface area contributed by atoms with Gasteiger partial charge in [0.1, 0.15) is 5.76 Å². The summed E-state index contributed by atoms with van der Waals surface area (Å²) in [4.78, 5) is 3.78. The van der Waals surface area contributed by atoms with Gasteiger partial charge in [-0.15, -0.1) is 0 Å². The summed E-state index contributed by atoms with van der Waals surface area (Å²) >= 11 is 0. The number of nitriles is 1. The van der Waals surface area contributed by atoms with Gasteiger partial charge in [0.15, 0.2) is 0 Å². The fourth-order valence-corrected chi connectivity index (χ4v) is 0.659. The fraction of sp³-hybridized carbons (Fsp3) is 0. The maximum atomic E-state index is 9.12. The number of rotatable bonds is 1. The van der Waals surface area contributed by atoms with Gasteiger partial charge in [0, 0.05) is 18.0 Å². The molecule has 1 heterocycles. The molecule has 0 fully saturated rings. The summed E-state index contributed by atoms with van der Waals surface area (Å²) in [6, 6.07) is 5.09. The van der Waals surface area contributed by atoms with Crippen LogP contribution in [0.3, 0.4) is 0 Å². The van der Waals surface area contributed by atoms with Crippen LogP contribution < -0.4 is 0 Å². The van der Waals surface area contributed by atoms with E-state index >= 15 is 0 Å². The first-order chi connectivity index (χ1) is 5.34. The zero-order valence-electron chi connectivity index (χ0n) is 5.73. The van der Waals surface area contributed by atoms with Gasteiger partial charge in [-0.25, -0.2) is 0 Å². The first-order valence-corrected chi connectivity index (χ1v) is 3.03. The van der Waals surface area contributed by atoms with Gasteiger partial charge >= 0.3 is 0 Å². The van der Waals surface area contributed by atoms with Crippen LogP contribution in [0.2, 0.25) is 0 Å². The molecule has 0 unspecified atom stereocenters. The van der Waals surface area contributed by atoms with Gasteiger partial charge in [-0.2, -0.15) is 5.26 Å². The van der Waals surface area contributed by atoms with E-state index in [0.717, 1.165) is 6.08 Å². The third-order valence-electron chi connectivity index (χ3n) is 1.16. The Kier molecular flexibility index (Phi) is 2.24. The zero-order valence-corrected chi connectivity index (χ0v) is 5.73. The molecule has 0 radical (unpaired) electrons. The number of aromatic nitrogens is 1. The van der Waals surface area contributed by atoms with Crippen LogP contribution in [0, 0.1) is 11.3 Å². The second-order valence-corrected chi connectivity index (χ2v) is 1.90.